The third-order valence-corrected chi connectivity index (χ3v) is 3.81. The number of carbonyl (C=O) groups is 1. The highest BCUT2D eigenvalue weighted by atomic mass is 19.4. The zero-order chi connectivity index (χ0) is 19.6. The lowest BCUT2D eigenvalue weighted by Gasteiger charge is -2.10. The van der Waals surface area contributed by atoms with Gasteiger partial charge in [-0.25, -0.2) is 14.1 Å². The van der Waals surface area contributed by atoms with Gasteiger partial charge in [0.25, 0.3) is 5.91 Å². The number of halogens is 4. The minimum atomic E-state index is -4.62. The molecule has 1 N–H and O–H groups in total. The zero-order valence-electron chi connectivity index (χ0n) is 14.1. The van der Waals surface area contributed by atoms with E-state index in [1.165, 1.54) is 30.3 Å². The van der Waals surface area contributed by atoms with Crippen molar-refractivity contribution in [3.05, 3.63) is 77.0 Å². The van der Waals surface area contributed by atoms with Crippen LogP contribution in [0.25, 0.3) is 5.82 Å². The van der Waals surface area contributed by atoms with Crippen LogP contribution in [-0.2, 0) is 12.6 Å². The fourth-order valence-corrected chi connectivity index (χ4v) is 2.56. The van der Waals surface area contributed by atoms with Crippen LogP contribution in [0.2, 0.25) is 0 Å². The smallest absolute Gasteiger partial charge is 0.355 e. The zero-order valence-corrected chi connectivity index (χ0v) is 14.1. The predicted octanol–water partition coefficient (Wildman–Crippen LogP) is 3.38. The summed E-state index contributed by atoms with van der Waals surface area (Å²) in [6.07, 6.45) is -0.217. The average molecular weight is 378 g/mol. The Morgan fingerprint density at radius 1 is 1.19 bits per heavy atom. The molecule has 140 valence electrons. The molecule has 0 atom stereocenters. The number of hydrogen-bond donors (Lipinski definition) is 1. The molecule has 1 amide bonds. The van der Waals surface area contributed by atoms with Crippen LogP contribution >= 0.6 is 0 Å². The van der Waals surface area contributed by atoms with Crippen LogP contribution in [0.1, 0.15) is 27.0 Å². The van der Waals surface area contributed by atoms with Crippen LogP contribution in [0.5, 0.6) is 0 Å². The lowest BCUT2D eigenvalue weighted by Crippen LogP contribution is -2.16. The summed E-state index contributed by atoms with van der Waals surface area (Å²) >= 11 is 0. The first kappa shape index (κ1) is 18.6. The number of nitrogens with zero attached hydrogens (tertiary/aromatic N) is 3. The van der Waals surface area contributed by atoms with Crippen LogP contribution in [0.3, 0.4) is 0 Å². The summed E-state index contributed by atoms with van der Waals surface area (Å²) in [4.78, 5) is 15.7. The Balaban J connectivity index is 1.88. The molecule has 2 aromatic heterocycles. The van der Waals surface area contributed by atoms with E-state index in [0.717, 1.165) is 12.1 Å². The fourth-order valence-electron chi connectivity index (χ4n) is 2.56. The van der Waals surface area contributed by atoms with E-state index in [-0.39, 0.29) is 17.9 Å². The molecule has 0 bridgehead atoms. The van der Waals surface area contributed by atoms with Crippen molar-refractivity contribution in [2.75, 3.05) is 7.05 Å². The second kappa shape index (κ2) is 7.18. The van der Waals surface area contributed by atoms with Crippen molar-refractivity contribution in [2.45, 2.75) is 12.6 Å². The van der Waals surface area contributed by atoms with E-state index in [0.29, 0.717) is 23.0 Å². The molecule has 0 unspecified atom stereocenters. The number of pyridine rings is 1. The van der Waals surface area contributed by atoms with Crippen LogP contribution < -0.4 is 5.32 Å². The minimum Gasteiger partial charge on any atom is -0.355 e. The second-order valence-corrected chi connectivity index (χ2v) is 5.80. The normalized spacial score (nSPS) is 11.4. The Bertz CT molecular complexity index is 981. The molecule has 0 saturated carbocycles. The first-order valence-electron chi connectivity index (χ1n) is 7.85. The Labute approximate surface area is 151 Å². The summed E-state index contributed by atoms with van der Waals surface area (Å²) in [6.45, 7) is 0. The summed E-state index contributed by atoms with van der Waals surface area (Å²) in [7, 11) is 1.49. The maximum atomic E-state index is 13.6. The number of amides is 1. The number of carbonyl (C=O) groups excluding carboxylic acids is 1. The molecule has 0 saturated heterocycles. The van der Waals surface area contributed by atoms with E-state index in [1.54, 1.807) is 12.1 Å². The number of alkyl halides is 3. The van der Waals surface area contributed by atoms with Gasteiger partial charge in [0.1, 0.15) is 5.82 Å². The first-order chi connectivity index (χ1) is 12.8. The number of aromatic nitrogens is 3. The molecule has 0 aliphatic carbocycles. The highest BCUT2D eigenvalue weighted by Crippen LogP contribution is 2.31. The summed E-state index contributed by atoms with van der Waals surface area (Å²) in [5, 5.41) is 6.52. The van der Waals surface area contributed by atoms with Crippen molar-refractivity contribution in [1.29, 1.82) is 0 Å². The van der Waals surface area contributed by atoms with Crippen molar-refractivity contribution in [3.8, 4) is 5.82 Å². The van der Waals surface area contributed by atoms with Gasteiger partial charge in [0, 0.05) is 19.4 Å². The van der Waals surface area contributed by atoms with Crippen molar-refractivity contribution < 1.29 is 22.4 Å². The Morgan fingerprint density at radius 2 is 1.96 bits per heavy atom. The number of rotatable bonds is 4. The summed E-state index contributed by atoms with van der Waals surface area (Å²) in [5.74, 6) is -0.872. The van der Waals surface area contributed by atoms with Crippen molar-refractivity contribution in [3.63, 3.8) is 0 Å². The van der Waals surface area contributed by atoms with Gasteiger partial charge in [0.05, 0.1) is 17.3 Å². The summed E-state index contributed by atoms with van der Waals surface area (Å²) in [6, 6.07) is 5.67. The van der Waals surface area contributed by atoms with Crippen LogP contribution in [0, 0.1) is 5.82 Å². The molecule has 0 fully saturated rings. The molecule has 9 heteroatoms. The van der Waals surface area contributed by atoms with Gasteiger partial charge in [-0.1, -0.05) is 0 Å². The lowest BCUT2D eigenvalue weighted by atomic mass is 10.0. The number of hydrogen-bond acceptors (Lipinski definition) is 3. The van der Waals surface area contributed by atoms with E-state index in [4.69, 9.17) is 0 Å². The third-order valence-electron chi connectivity index (χ3n) is 3.81. The van der Waals surface area contributed by atoms with E-state index >= 15 is 0 Å². The maximum absolute atomic E-state index is 13.6. The van der Waals surface area contributed by atoms with Gasteiger partial charge in [-0.05, 0) is 47.9 Å². The molecule has 1 aromatic carbocycles. The van der Waals surface area contributed by atoms with E-state index in [2.05, 4.69) is 15.4 Å². The lowest BCUT2D eigenvalue weighted by molar-refractivity contribution is -0.137. The average Bonchev–Trinajstić information content (AvgIpc) is 3.10. The quantitative estimate of drug-likeness (QED) is 0.708. The van der Waals surface area contributed by atoms with Gasteiger partial charge in [-0.3, -0.25) is 4.79 Å². The maximum Gasteiger partial charge on any atom is 0.416 e. The highest BCUT2D eigenvalue weighted by molar-refractivity contribution is 5.93. The van der Waals surface area contributed by atoms with Crippen LogP contribution in [0.15, 0.2) is 48.9 Å². The summed E-state index contributed by atoms with van der Waals surface area (Å²) in [5.41, 5.74) is 0.112. The van der Waals surface area contributed by atoms with Gasteiger partial charge in [0.15, 0.2) is 5.82 Å². The Kier molecular flexibility index (Phi) is 4.93. The number of benzene rings is 1. The minimum absolute atomic E-state index is 0.0833. The van der Waals surface area contributed by atoms with E-state index in [1.807, 2.05) is 0 Å². The van der Waals surface area contributed by atoms with Gasteiger partial charge in [-0.2, -0.15) is 18.3 Å². The fraction of sp³-hybridized carbons (Fsp3) is 0.167. The first-order valence-corrected chi connectivity index (χ1v) is 7.85. The molecule has 2 heterocycles. The Hall–Kier alpha value is -3.23. The van der Waals surface area contributed by atoms with E-state index in [9.17, 15) is 22.4 Å². The largest absolute Gasteiger partial charge is 0.416 e. The highest BCUT2D eigenvalue weighted by Gasteiger charge is 2.31. The number of nitrogens with one attached hydrogen (secondary N) is 1. The van der Waals surface area contributed by atoms with Gasteiger partial charge < -0.3 is 5.32 Å². The third kappa shape index (κ3) is 4.30. The molecule has 0 aliphatic heterocycles. The van der Waals surface area contributed by atoms with E-state index < -0.39 is 17.6 Å². The molecule has 27 heavy (non-hydrogen) atoms. The molecular weight excluding hydrogens is 364 g/mol. The van der Waals surface area contributed by atoms with Crippen molar-refractivity contribution in [2.24, 2.45) is 0 Å². The van der Waals surface area contributed by atoms with Crippen molar-refractivity contribution >= 4 is 5.91 Å². The van der Waals surface area contributed by atoms with Gasteiger partial charge in [0.2, 0.25) is 0 Å². The molecule has 3 aromatic rings. The monoisotopic (exact) mass is 378 g/mol. The SMILES string of the molecule is CNC(=O)c1cnn(-c2cc(Cc3cc(F)cc(C(F)(F)F)c3)ccn2)c1. The van der Waals surface area contributed by atoms with Crippen molar-refractivity contribution in [1.82, 2.24) is 20.1 Å². The van der Waals surface area contributed by atoms with Gasteiger partial charge in [-0.15, -0.1) is 0 Å². The topological polar surface area (TPSA) is 59.8 Å². The standard InChI is InChI=1S/C18H14F4N4O/c1-23-17(27)13-9-25-26(10-13)16-7-11(2-3-24-16)4-12-5-14(18(20,21)22)8-15(19)6-12/h2-3,5-10H,4H2,1H3,(H,23,27). The summed E-state index contributed by atoms with van der Waals surface area (Å²) < 4.78 is 53.5. The Morgan fingerprint density at radius 3 is 2.67 bits per heavy atom. The predicted molar refractivity (Wildman–Crippen MR) is 89.0 cm³/mol. The molecule has 3 rings (SSSR count). The molecule has 0 radical (unpaired) electrons. The molecular formula is C18H14F4N4O. The molecule has 5 nitrogen and oxygen atoms in total. The molecule has 0 aliphatic rings. The second-order valence-electron chi connectivity index (χ2n) is 5.80. The molecule has 0 spiro atoms. The van der Waals surface area contributed by atoms with Crippen LogP contribution in [-0.4, -0.2) is 27.7 Å². The van der Waals surface area contributed by atoms with Gasteiger partial charge >= 0.3 is 6.18 Å². The van der Waals surface area contributed by atoms with Crippen LogP contribution in [0.4, 0.5) is 17.6 Å².